The van der Waals surface area contributed by atoms with Crippen LogP contribution in [0.2, 0.25) is 0 Å². The standard InChI is InChI=1S/C15H22/c1-3-5-7-9-11-13-15-14-12-10-8-6-4-2/h3,5,7,9-15H,4,6,8H2,1-2H3/b5-3+,9-7+,12-10+,13-11+,15-14+. The summed E-state index contributed by atoms with van der Waals surface area (Å²) in [5.74, 6) is 0. The predicted molar refractivity (Wildman–Crippen MR) is 70.9 cm³/mol. The van der Waals surface area contributed by atoms with Crippen LogP contribution in [0.4, 0.5) is 0 Å². The highest BCUT2D eigenvalue weighted by molar-refractivity contribution is 5.17. The summed E-state index contributed by atoms with van der Waals surface area (Å²) in [5, 5.41) is 0. The molecule has 0 aliphatic rings. The Balaban J connectivity index is 3.56. The molecular weight excluding hydrogens is 180 g/mol. The second-order valence-electron chi connectivity index (χ2n) is 3.25. The van der Waals surface area contributed by atoms with E-state index in [1.165, 1.54) is 19.3 Å². The predicted octanol–water partition coefficient (Wildman–Crippen LogP) is 4.98. The minimum absolute atomic E-state index is 1.19. The van der Waals surface area contributed by atoms with E-state index in [4.69, 9.17) is 0 Å². The Hall–Kier alpha value is -1.30. The molecule has 0 heterocycles. The van der Waals surface area contributed by atoms with Gasteiger partial charge in [-0.05, 0) is 13.3 Å². The molecule has 0 saturated carbocycles. The quantitative estimate of drug-likeness (QED) is 0.403. The maximum atomic E-state index is 2.21. The topological polar surface area (TPSA) is 0 Å². The number of unbranched alkanes of at least 4 members (excludes halogenated alkanes) is 2. The monoisotopic (exact) mass is 202 g/mol. The summed E-state index contributed by atoms with van der Waals surface area (Å²) in [4.78, 5) is 0. The van der Waals surface area contributed by atoms with Crippen molar-refractivity contribution in [3.63, 3.8) is 0 Å². The molecule has 82 valence electrons. The molecule has 0 aromatic rings. The van der Waals surface area contributed by atoms with Crippen LogP contribution in [0.3, 0.4) is 0 Å². The van der Waals surface area contributed by atoms with Gasteiger partial charge in [0.1, 0.15) is 0 Å². The molecule has 0 fully saturated rings. The molecule has 0 saturated heterocycles. The molecule has 0 aromatic heterocycles. The minimum atomic E-state index is 1.19. The first kappa shape index (κ1) is 13.7. The first-order valence-corrected chi connectivity index (χ1v) is 5.69. The van der Waals surface area contributed by atoms with Gasteiger partial charge in [-0.25, -0.2) is 0 Å². The smallest absolute Gasteiger partial charge is 0.0348 e. The summed E-state index contributed by atoms with van der Waals surface area (Å²) >= 11 is 0. The highest BCUT2D eigenvalue weighted by Crippen LogP contribution is 1.94. The SMILES string of the molecule is C/C=C/C=C/C=C/C=C/C=C/CCCC. The molecule has 0 nitrogen and oxygen atoms in total. The number of rotatable bonds is 7. The van der Waals surface area contributed by atoms with Crippen molar-refractivity contribution in [1.29, 1.82) is 0 Å². The molecule has 0 atom stereocenters. The van der Waals surface area contributed by atoms with Crippen LogP contribution < -0.4 is 0 Å². The van der Waals surface area contributed by atoms with E-state index in [-0.39, 0.29) is 0 Å². The van der Waals surface area contributed by atoms with Gasteiger partial charge >= 0.3 is 0 Å². The van der Waals surface area contributed by atoms with E-state index in [1.807, 2.05) is 49.5 Å². The fourth-order valence-corrected chi connectivity index (χ4v) is 0.993. The van der Waals surface area contributed by atoms with Gasteiger partial charge in [0.2, 0.25) is 0 Å². The Bertz CT molecular complexity index is 249. The lowest BCUT2D eigenvalue weighted by atomic mass is 10.2. The molecule has 0 N–H and O–H groups in total. The van der Waals surface area contributed by atoms with E-state index in [0.29, 0.717) is 0 Å². The molecule has 0 spiro atoms. The Labute approximate surface area is 94.4 Å². The third-order valence-electron chi connectivity index (χ3n) is 1.83. The first-order chi connectivity index (χ1) is 7.41. The lowest BCUT2D eigenvalue weighted by molar-refractivity contribution is 0.815. The van der Waals surface area contributed by atoms with Gasteiger partial charge in [0.25, 0.3) is 0 Å². The maximum Gasteiger partial charge on any atom is -0.0348 e. The van der Waals surface area contributed by atoms with Gasteiger partial charge in [-0.1, -0.05) is 80.5 Å². The second-order valence-corrected chi connectivity index (χ2v) is 3.25. The van der Waals surface area contributed by atoms with Crippen molar-refractivity contribution in [2.24, 2.45) is 0 Å². The summed E-state index contributed by atoms with van der Waals surface area (Å²) in [5.41, 5.74) is 0. The van der Waals surface area contributed by atoms with Crippen molar-refractivity contribution in [2.45, 2.75) is 33.1 Å². The van der Waals surface area contributed by atoms with Crippen LogP contribution in [0.1, 0.15) is 33.1 Å². The van der Waals surface area contributed by atoms with Crippen molar-refractivity contribution in [1.82, 2.24) is 0 Å². The van der Waals surface area contributed by atoms with Gasteiger partial charge in [0.15, 0.2) is 0 Å². The molecule has 15 heavy (non-hydrogen) atoms. The number of allylic oxidation sites excluding steroid dienone is 10. The molecule has 0 amide bonds. The van der Waals surface area contributed by atoms with Crippen molar-refractivity contribution >= 4 is 0 Å². The summed E-state index contributed by atoms with van der Waals surface area (Å²) in [7, 11) is 0. The van der Waals surface area contributed by atoms with Gasteiger partial charge in [-0.2, -0.15) is 0 Å². The van der Waals surface area contributed by atoms with Crippen LogP contribution in [-0.4, -0.2) is 0 Å². The van der Waals surface area contributed by atoms with Gasteiger partial charge in [0, 0.05) is 0 Å². The van der Waals surface area contributed by atoms with E-state index in [0.717, 1.165) is 0 Å². The molecule has 0 heteroatoms. The third kappa shape index (κ3) is 12.7. The molecule has 0 aliphatic heterocycles. The van der Waals surface area contributed by atoms with Crippen molar-refractivity contribution < 1.29 is 0 Å². The van der Waals surface area contributed by atoms with Gasteiger partial charge < -0.3 is 0 Å². The number of hydrogen-bond donors (Lipinski definition) is 0. The Morgan fingerprint density at radius 1 is 0.733 bits per heavy atom. The summed E-state index contributed by atoms with van der Waals surface area (Å²) < 4.78 is 0. The van der Waals surface area contributed by atoms with Gasteiger partial charge in [-0.15, -0.1) is 0 Å². The molecular formula is C15H22. The van der Waals surface area contributed by atoms with Crippen LogP contribution >= 0.6 is 0 Å². The largest absolute Gasteiger partial charge is 0.0877 e. The average Bonchev–Trinajstić information content (AvgIpc) is 2.26. The van der Waals surface area contributed by atoms with E-state index >= 15 is 0 Å². The second kappa shape index (κ2) is 12.7. The van der Waals surface area contributed by atoms with Crippen LogP contribution in [0.15, 0.2) is 60.8 Å². The zero-order chi connectivity index (χ0) is 11.2. The molecule has 0 bridgehead atoms. The maximum absolute atomic E-state index is 2.21. The molecule has 0 aliphatic carbocycles. The van der Waals surface area contributed by atoms with E-state index < -0.39 is 0 Å². The van der Waals surface area contributed by atoms with E-state index in [2.05, 4.69) is 25.2 Å². The fraction of sp³-hybridized carbons (Fsp3) is 0.333. The zero-order valence-electron chi connectivity index (χ0n) is 9.89. The normalized spacial score (nSPS) is 13.5. The fourth-order valence-electron chi connectivity index (χ4n) is 0.993. The summed E-state index contributed by atoms with van der Waals surface area (Å²) in [6, 6.07) is 0. The minimum Gasteiger partial charge on any atom is -0.0877 e. The summed E-state index contributed by atoms with van der Waals surface area (Å²) in [6.45, 7) is 4.22. The van der Waals surface area contributed by atoms with Crippen LogP contribution in [0, 0.1) is 0 Å². The van der Waals surface area contributed by atoms with E-state index in [1.54, 1.807) is 0 Å². The Kier molecular flexibility index (Phi) is 11.6. The molecule has 0 unspecified atom stereocenters. The summed E-state index contributed by atoms with van der Waals surface area (Å²) in [6.07, 6.45) is 24.3. The Morgan fingerprint density at radius 2 is 1.27 bits per heavy atom. The van der Waals surface area contributed by atoms with Crippen molar-refractivity contribution in [3.8, 4) is 0 Å². The molecule has 0 aromatic carbocycles. The number of hydrogen-bond acceptors (Lipinski definition) is 0. The highest BCUT2D eigenvalue weighted by atomic mass is 13.8. The first-order valence-electron chi connectivity index (χ1n) is 5.69. The zero-order valence-corrected chi connectivity index (χ0v) is 9.89. The highest BCUT2D eigenvalue weighted by Gasteiger charge is 1.74. The molecule has 0 rings (SSSR count). The average molecular weight is 202 g/mol. The molecule has 0 radical (unpaired) electrons. The lowest BCUT2D eigenvalue weighted by Gasteiger charge is -1.84. The van der Waals surface area contributed by atoms with Gasteiger partial charge in [-0.3, -0.25) is 0 Å². The van der Waals surface area contributed by atoms with Crippen molar-refractivity contribution in [3.05, 3.63) is 60.8 Å². The van der Waals surface area contributed by atoms with Crippen LogP contribution in [0.25, 0.3) is 0 Å². The van der Waals surface area contributed by atoms with Gasteiger partial charge in [0.05, 0.1) is 0 Å². The Morgan fingerprint density at radius 3 is 1.80 bits per heavy atom. The van der Waals surface area contributed by atoms with Crippen LogP contribution in [0.5, 0.6) is 0 Å². The van der Waals surface area contributed by atoms with Crippen molar-refractivity contribution in [2.75, 3.05) is 0 Å². The lowest BCUT2D eigenvalue weighted by Crippen LogP contribution is -1.64. The van der Waals surface area contributed by atoms with E-state index in [9.17, 15) is 0 Å². The third-order valence-corrected chi connectivity index (χ3v) is 1.83. The van der Waals surface area contributed by atoms with Crippen LogP contribution in [-0.2, 0) is 0 Å².